The molecule has 1 amide bonds. The Kier molecular flexibility index (Phi) is 3.93. The van der Waals surface area contributed by atoms with E-state index >= 15 is 0 Å². The fourth-order valence-corrected chi connectivity index (χ4v) is 2.80. The first-order valence-electron chi connectivity index (χ1n) is 6.74. The fourth-order valence-electron chi connectivity index (χ4n) is 2.80. The van der Waals surface area contributed by atoms with Gasteiger partial charge < -0.3 is 10.0 Å². The van der Waals surface area contributed by atoms with E-state index in [1.165, 1.54) is 0 Å². The van der Waals surface area contributed by atoms with Gasteiger partial charge in [-0.1, -0.05) is 29.8 Å². The maximum atomic E-state index is 12.7. The van der Waals surface area contributed by atoms with Crippen LogP contribution in [0.3, 0.4) is 0 Å². The molecule has 1 heterocycles. The van der Waals surface area contributed by atoms with Gasteiger partial charge in [-0.25, -0.2) is 4.79 Å². The average Bonchev–Trinajstić information content (AvgIpc) is 2.77. The van der Waals surface area contributed by atoms with Crippen molar-refractivity contribution in [3.8, 4) is 0 Å². The van der Waals surface area contributed by atoms with E-state index in [1.807, 2.05) is 19.1 Å². The van der Waals surface area contributed by atoms with Crippen molar-refractivity contribution in [1.29, 1.82) is 0 Å². The molecule has 1 aromatic rings. The number of rotatable bonds is 2. The van der Waals surface area contributed by atoms with Crippen LogP contribution in [0, 0.1) is 6.92 Å². The maximum absolute atomic E-state index is 12.7. The molecule has 1 aliphatic rings. The molecule has 2 rings (SSSR count). The molecule has 7 heteroatoms. The van der Waals surface area contributed by atoms with Gasteiger partial charge in [-0.15, -0.1) is 0 Å². The predicted molar refractivity (Wildman–Crippen MR) is 72.3 cm³/mol. The number of hydrogen-bond donors (Lipinski definition) is 1. The highest BCUT2D eigenvalue weighted by Gasteiger charge is 2.56. The number of carbonyl (C=O) groups excluding carboxylic acids is 1. The number of hydrogen-bond acceptors (Lipinski definition) is 2. The molecular formula is C15H16F3NO3. The molecule has 2 unspecified atom stereocenters. The molecule has 1 aliphatic heterocycles. The van der Waals surface area contributed by atoms with Crippen LogP contribution in [0.5, 0.6) is 0 Å². The lowest BCUT2D eigenvalue weighted by atomic mass is 9.89. The maximum Gasteiger partial charge on any atom is 0.471 e. The number of nitrogens with zero attached hydrogens (tertiary/aromatic N) is 1. The summed E-state index contributed by atoms with van der Waals surface area (Å²) in [6.07, 6.45) is -5.13. The zero-order chi connectivity index (χ0) is 16.7. The predicted octanol–water partition coefficient (Wildman–Crippen LogP) is 2.72. The van der Waals surface area contributed by atoms with Crippen molar-refractivity contribution in [2.24, 2.45) is 0 Å². The molecule has 0 saturated carbocycles. The van der Waals surface area contributed by atoms with Crippen LogP contribution in [0.1, 0.15) is 30.4 Å². The molecule has 0 bridgehead atoms. The van der Waals surface area contributed by atoms with E-state index in [2.05, 4.69) is 0 Å². The van der Waals surface area contributed by atoms with E-state index < -0.39 is 29.5 Å². The molecule has 22 heavy (non-hydrogen) atoms. The second-order valence-electron chi connectivity index (χ2n) is 5.80. The van der Waals surface area contributed by atoms with Crippen LogP contribution in [-0.2, 0) is 9.59 Å². The summed E-state index contributed by atoms with van der Waals surface area (Å²) in [5.41, 5.74) is -0.135. The first-order chi connectivity index (χ1) is 10.1. The lowest BCUT2D eigenvalue weighted by Gasteiger charge is -2.31. The minimum absolute atomic E-state index is 0.0484. The monoisotopic (exact) mass is 315 g/mol. The van der Waals surface area contributed by atoms with Gasteiger partial charge in [0.1, 0.15) is 5.54 Å². The van der Waals surface area contributed by atoms with Gasteiger partial charge in [0.2, 0.25) is 0 Å². The van der Waals surface area contributed by atoms with Gasteiger partial charge >= 0.3 is 18.1 Å². The lowest BCUT2D eigenvalue weighted by Crippen LogP contribution is -2.54. The van der Waals surface area contributed by atoms with Gasteiger partial charge in [0.15, 0.2) is 0 Å². The van der Waals surface area contributed by atoms with Crippen molar-refractivity contribution in [1.82, 2.24) is 4.90 Å². The summed E-state index contributed by atoms with van der Waals surface area (Å²) in [7, 11) is 0. The summed E-state index contributed by atoms with van der Waals surface area (Å²) in [5.74, 6) is -3.97. The molecule has 1 fully saturated rings. The molecular weight excluding hydrogens is 299 g/mol. The van der Waals surface area contributed by atoms with Gasteiger partial charge in [-0.2, -0.15) is 13.2 Å². The summed E-state index contributed by atoms with van der Waals surface area (Å²) >= 11 is 0. The summed E-state index contributed by atoms with van der Waals surface area (Å²) in [5, 5.41) is 9.31. The van der Waals surface area contributed by atoms with Gasteiger partial charge in [-0.05, 0) is 25.8 Å². The number of aryl methyl sites for hydroxylation is 1. The number of benzene rings is 1. The van der Waals surface area contributed by atoms with Gasteiger partial charge in [0, 0.05) is 12.5 Å². The summed E-state index contributed by atoms with van der Waals surface area (Å²) in [4.78, 5) is 23.4. The Bertz CT molecular complexity index is 597. The third kappa shape index (κ3) is 2.80. The Hall–Kier alpha value is -2.05. The van der Waals surface area contributed by atoms with Crippen molar-refractivity contribution in [3.63, 3.8) is 0 Å². The first kappa shape index (κ1) is 16.3. The molecule has 0 spiro atoms. The van der Waals surface area contributed by atoms with E-state index in [0.717, 1.165) is 18.1 Å². The van der Waals surface area contributed by atoms with Crippen LogP contribution >= 0.6 is 0 Å². The van der Waals surface area contributed by atoms with Crippen molar-refractivity contribution in [3.05, 3.63) is 35.4 Å². The van der Waals surface area contributed by atoms with E-state index in [1.54, 1.807) is 12.1 Å². The van der Waals surface area contributed by atoms with E-state index in [4.69, 9.17) is 0 Å². The molecule has 4 nitrogen and oxygen atoms in total. The second kappa shape index (κ2) is 5.30. The molecule has 0 aliphatic carbocycles. The Balaban J connectivity index is 2.35. The molecule has 2 atom stereocenters. The number of carbonyl (C=O) groups is 2. The number of amides is 1. The summed E-state index contributed by atoms with van der Waals surface area (Å²) < 4.78 is 38.1. The Morgan fingerprint density at radius 1 is 1.27 bits per heavy atom. The van der Waals surface area contributed by atoms with Gasteiger partial charge in [-0.3, -0.25) is 4.79 Å². The number of likely N-dealkylation sites (tertiary alicyclic amines) is 1. The van der Waals surface area contributed by atoms with Crippen LogP contribution in [0.15, 0.2) is 24.3 Å². The molecule has 1 N–H and O–H groups in total. The summed E-state index contributed by atoms with van der Waals surface area (Å²) in [6.45, 7) is 2.77. The third-order valence-corrected chi connectivity index (χ3v) is 4.14. The topological polar surface area (TPSA) is 57.6 Å². The number of aliphatic carboxylic acids is 1. The Labute approximate surface area is 125 Å². The second-order valence-corrected chi connectivity index (χ2v) is 5.80. The molecule has 0 radical (unpaired) electrons. The van der Waals surface area contributed by atoms with Crippen LogP contribution in [0.25, 0.3) is 0 Å². The highest BCUT2D eigenvalue weighted by molar-refractivity contribution is 5.90. The average molecular weight is 315 g/mol. The van der Waals surface area contributed by atoms with Gasteiger partial charge in [0.05, 0.1) is 0 Å². The standard InChI is InChI=1S/C15H16F3NO3/c1-9-3-5-10(6-4-9)11-7-14(2,13(21)22)19(8-11)12(20)15(16,17)18/h3-6,11H,7-8H2,1-2H3,(H,21,22). The SMILES string of the molecule is Cc1ccc(C2CN(C(=O)C(F)(F)F)C(C)(C(=O)O)C2)cc1. The van der Waals surface area contributed by atoms with Crippen LogP contribution < -0.4 is 0 Å². The number of carboxylic acid groups (broad SMARTS) is 1. The molecule has 1 aromatic carbocycles. The zero-order valence-electron chi connectivity index (χ0n) is 12.1. The normalized spacial score (nSPS) is 25.3. The minimum atomic E-state index is -5.08. The number of carboxylic acids is 1. The highest BCUT2D eigenvalue weighted by Crippen LogP contribution is 2.41. The largest absolute Gasteiger partial charge is 0.480 e. The van der Waals surface area contributed by atoms with Crippen molar-refractivity contribution in [2.45, 2.75) is 37.9 Å². The van der Waals surface area contributed by atoms with E-state index in [-0.39, 0.29) is 13.0 Å². The van der Waals surface area contributed by atoms with E-state index in [0.29, 0.717) is 4.90 Å². The lowest BCUT2D eigenvalue weighted by molar-refractivity contribution is -0.191. The van der Waals surface area contributed by atoms with Crippen molar-refractivity contribution >= 4 is 11.9 Å². The van der Waals surface area contributed by atoms with Crippen LogP contribution in [0.2, 0.25) is 0 Å². The van der Waals surface area contributed by atoms with Gasteiger partial charge in [0.25, 0.3) is 0 Å². The minimum Gasteiger partial charge on any atom is -0.480 e. The fraction of sp³-hybridized carbons (Fsp3) is 0.467. The quantitative estimate of drug-likeness (QED) is 0.913. The van der Waals surface area contributed by atoms with Crippen molar-refractivity contribution in [2.75, 3.05) is 6.54 Å². The first-order valence-corrected chi connectivity index (χ1v) is 6.74. The summed E-state index contributed by atoms with van der Waals surface area (Å²) in [6, 6.07) is 7.12. The Morgan fingerprint density at radius 3 is 2.27 bits per heavy atom. The third-order valence-electron chi connectivity index (χ3n) is 4.14. The zero-order valence-corrected chi connectivity index (χ0v) is 12.1. The van der Waals surface area contributed by atoms with E-state index in [9.17, 15) is 27.9 Å². The highest BCUT2D eigenvalue weighted by atomic mass is 19.4. The molecule has 120 valence electrons. The number of alkyl halides is 3. The molecule has 0 aromatic heterocycles. The van der Waals surface area contributed by atoms with Crippen LogP contribution in [0.4, 0.5) is 13.2 Å². The van der Waals surface area contributed by atoms with Crippen LogP contribution in [-0.4, -0.2) is 40.1 Å². The van der Waals surface area contributed by atoms with Crippen molar-refractivity contribution < 1.29 is 27.9 Å². The Morgan fingerprint density at radius 2 is 1.82 bits per heavy atom. The molecule has 1 saturated heterocycles. The number of halogens is 3. The smallest absolute Gasteiger partial charge is 0.471 e.